The number of carbonyl (C=O) groups is 2. The summed E-state index contributed by atoms with van der Waals surface area (Å²) in [4.78, 5) is 22.5. The summed E-state index contributed by atoms with van der Waals surface area (Å²) < 4.78 is 19.3. The van der Waals surface area contributed by atoms with E-state index in [0.29, 0.717) is 5.69 Å². The number of benzene rings is 1. The molecule has 122 valence electrons. The maximum Gasteiger partial charge on any atom is 0.243 e. The van der Waals surface area contributed by atoms with Gasteiger partial charge in [-0.3, -0.25) is 9.59 Å². The molecule has 0 spiro atoms. The van der Waals surface area contributed by atoms with Gasteiger partial charge in [0.25, 0.3) is 0 Å². The number of amides is 2. The summed E-state index contributed by atoms with van der Waals surface area (Å²) in [6, 6.07) is 4.23. The molecule has 0 heterocycles. The minimum atomic E-state index is -0.523. The van der Waals surface area contributed by atoms with Crippen molar-refractivity contribution < 1.29 is 18.7 Å². The first-order valence-electron chi connectivity index (χ1n) is 6.81. The van der Waals surface area contributed by atoms with E-state index in [1.165, 1.54) is 12.1 Å². The number of halogens is 2. The molecular formula is C14H19ClFN3O3. The normalized spacial score (nSPS) is 13.5. The van der Waals surface area contributed by atoms with Crippen molar-refractivity contribution in [2.45, 2.75) is 25.4 Å². The number of rotatable bonds is 6. The van der Waals surface area contributed by atoms with Gasteiger partial charge in [0, 0.05) is 11.8 Å². The smallest absolute Gasteiger partial charge is 0.243 e. The van der Waals surface area contributed by atoms with Crippen LogP contribution >= 0.6 is 12.4 Å². The molecule has 0 saturated heterocycles. The molecule has 0 aromatic heterocycles. The van der Waals surface area contributed by atoms with Gasteiger partial charge in [-0.25, -0.2) is 4.39 Å². The second kappa shape index (κ2) is 8.55. The molecule has 1 aliphatic carbocycles. The maximum atomic E-state index is 13.8. The molecule has 2 rings (SSSR count). The summed E-state index contributed by atoms with van der Waals surface area (Å²) >= 11 is 0. The van der Waals surface area contributed by atoms with Gasteiger partial charge in [-0.15, -0.1) is 12.4 Å². The molecule has 22 heavy (non-hydrogen) atoms. The Morgan fingerprint density at radius 2 is 2.05 bits per heavy atom. The number of anilines is 1. The average Bonchev–Trinajstić information content (AvgIpc) is 2.42. The largest absolute Gasteiger partial charge is 0.487 e. The summed E-state index contributed by atoms with van der Waals surface area (Å²) in [7, 11) is 0. The van der Waals surface area contributed by atoms with E-state index in [4.69, 9.17) is 10.5 Å². The van der Waals surface area contributed by atoms with Crippen LogP contribution in [0.2, 0.25) is 0 Å². The zero-order valence-corrected chi connectivity index (χ0v) is 12.7. The van der Waals surface area contributed by atoms with Gasteiger partial charge < -0.3 is 21.1 Å². The quantitative estimate of drug-likeness (QED) is 0.730. The van der Waals surface area contributed by atoms with Crippen LogP contribution in [0.4, 0.5) is 10.1 Å². The molecule has 1 fully saturated rings. The summed E-state index contributed by atoms with van der Waals surface area (Å²) in [6.07, 6.45) is 3.08. The van der Waals surface area contributed by atoms with E-state index in [9.17, 15) is 14.0 Å². The van der Waals surface area contributed by atoms with E-state index < -0.39 is 17.6 Å². The lowest BCUT2D eigenvalue weighted by atomic mass is 9.96. The predicted molar refractivity (Wildman–Crippen MR) is 82.6 cm³/mol. The molecule has 0 atom stereocenters. The lowest BCUT2D eigenvalue weighted by Gasteiger charge is -2.26. The first kappa shape index (κ1) is 18.2. The molecule has 1 saturated carbocycles. The number of carbonyl (C=O) groups excluding carboxylic acids is 2. The monoisotopic (exact) mass is 331 g/mol. The van der Waals surface area contributed by atoms with Crippen LogP contribution in [0.1, 0.15) is 19.3 Å². The molecule has 2 amide bonds. The fourth-order valence-corrected chi connectivity index (χ4v) is 1.80. The number of hydrogen-bond acceptors (Lipinski definition) is 4. The van der Waals surface area contributed by atoms with E-state index in [0.717, 1.165) is 19.3 Å². The van der Waals surface area contributed by atoms with Gasteiger partial charge in [-0.2, -0.15) is 0 Å². The second-order valence-corrected chi connectivity index (χ2v) is 4.84. The topological polar surface area (TPSA) is 93.5 Å². The molecule has 0 unspecified atom stereocenters. The van der Waals surface area contributed by atoms with Gasteiger partial charge in [0.1, 0.15) is 0 Å². The van der Waals surface area contributed by atoms with Crippen molar-refractivity contribution in [2.24, 2.45) is 5.73 Å². The van der Waals surface area contributed by atoms with Gasteiger partial charge in [0.2, 0.25) is 11.8 Å². The Morgan fingerprint density at radius 1 is 1.32 bits per heavy atom. The van der Waals surface area contributed by atoms with Crippen molar-refractivity contribution in [2.75, 3.05) is 18.4 Å². The molecule has 6 nitrogen and oxygen atoms in total. The minimum absolute atomic E-state index is 0. The Hall–Kier alpha value is -1.86. The Morgan fingerprint density at radius 3 is 2.59 bits per heavy atom. The van der Waals surface area contributed by atoms with Gasteiger partial charge in [0.15, 0.2) is 11.6 Å². The van der Waals surface area contributed by atoms with Crippen LogP contribution < -0.4 is 21.1 Å². The lowest BCUT2D eigenvalue weighted by Crippen LogP contribution is -2.36. The molecule has 0 bridgehead atoms. The minimum Gasteiger partial charge on any atom is -0.487 e. The van der Waals surface area contributed by atoms with Crippen LogP contribution in [0.15, 0.2) is 18.2 Å². The maximum absolute atomic E-state index is 13.8. The van der Waals surface area contributed by atoms with Crippen molar-refractivity contribution >= 4 is 29.9 Å². The van der Waals surface area contributed by atoms with Crippen LogP contribution in [0, 0.1) is 5.82 Å². The molecule has 1 aromatic rings. The Labute approximate surface area is 134 Å². The number of nitrogens with two attached hydrogens (primary N) is 1. The van der Waals surface area contributed by atoms with Crippen molar-refractivity contribution in [1.29, 1.82) is 0 Å². The van der Waals surface area contributed by atoms with E-state index in [-0.39, 0.29) is 37.4 Å². The van der Waals surface area contributed by atoms with Crippen LogP contribution in [0.25, 0.3) is 0 Å². The predicted octanol–water partition coefficient (Wildman–Crippen LogP) is 1.19. The Balaban J connectivity index is 0.00000242. The van der Waals surface area contributed by atoms with E-state index >= 15 is 0 Å². The van der Waals surface area contributed by atoms with E-state index in [2.05, 4.69) is 10.6 Å². The lowest BCUT2D eigenvalue weighted by molar-refractivity contribution is -0.123. The SMILES string of the molecule is Cl.NCC(=O)NCC(=O)Nc1ccc(OC2CCC2)c(F)c1. The third-order valence-electron chi connectivity index (χ3n) is 3.19. The first-order chi connectivity index (χ1) is 10.1. The molecule has 1 aliphatic rings. The van der Waals surface area contributed by atoms with Crippen molar-refractivity contribution in [1.82, 2.24) is 5.32 Å². The van der Waals surface area contributed by atoms with Crippen LogP contribution in [0.5, 0.6) is 5.75 Å². The molecule has 0 radical (unpaired) electrons. The van der Waals surface area contributed by atoms with Gasteiger partial charge in [-0.05, 0) is 31.4 Å². The standard InChI is InChI=1S/C14H18FN3O3.ClH/c15-11-6-9(18-14(20)8-17-13(19)7-16)4-5-12(11)21-10-2-1-3-10;/h4-6,10H,1-3,7-8,16H2,(H,17,19)(H,18,20);1H. The molecule has 0 aliphatic heterocycles. The molecular weight excluding hydrogens is 313 g/mol. The zero-order chi connectivity index (χ0) is 15.2. The highest BCUT2D eigenvalue weighted by Gasteiger charge is 2.20. The van der Waals surface area contributed by atoms with E-state index in [1.807, 2.05) is 0 Å². The van der Waals surface area contributed by atoms with Gasteiger partial charge >= 0.3 is 0 Å². The first-order valence-corrected chi connectivity index (χ1v) is 6.81. The Bertz CT molecular complexity index is 538. The summed E-state index contributed by atoms with van der Waals surface area (Å²) in [5.41, 5.74) is 5.40. The average molecular weight is 332 g/mol. The van der Waals surface area contributed by atoms with E-state index in [1.54, 1.807) is 6.07 Å². The summed E-state index contributed by atoms with van der Waals surface area (Å²) in [5.74, 6) is -1.22. The van der Waals surface area contributed by atoms with Gasteiger partial charge in [0.05, 0.1) is 19.2 Å². The number of hydrogen-bond donors (Lipinski definition) is 3. The fraction of sp³-hybridized carbons (Fsp3) is 0.429. The fourth-order valence-electron chi connectivity index (χ4n) is 1.80. The van der Waals surface area contributed by atoms with Crippen LogP contribution in [-0.2, 0) is 9.59 Å². The third kappa shape index (κ3) is 5.16. The van der Waals surface area contributed by atoms with Crippen molar-refractivity contribution in [3.05, 3.63) is 24.0 Å². The number of nitrogens with one attached hydrogen (secondary N) is 2. The van der Waals surface area contributed by atoms with Crippen molar-refractivity contribution in [3.8, 4) is 5.75 Å². The highest BCUT2D eigenvalue weighted by atomic mass is 35.5. The van der Waals surface area contributed by atoms with Crippen LogP contribution in [-0.4, -0.2) is 31.0 Å². The highest BCUT2D eigenvalue weighted by molar-refractivity contribution is 5.94. The summed E-state index contributed by atoms with van der Waals surface area (Å²) in [5, 5.41) is 4.81. The van der Waals surface area contributed by atoms with Crippen molar-refractivity contribution in [3.63, 3.8) is 0 Å². The van der Waals surface area contributed by atoms with Crippen LogP contribution in [0.3, 0.4) is 0 Å². The molecule has 4 N–H and O–H groups in total. The summed E-state index contributed by atoms with van der Waals surface area (Å²) in [6.45, 7) is -0.396. The van der Waals surface area contributed by atoms with Gasteiger partial charge in [-0.1, -0.05) is 0 Å². The Kier molecular flexibility index (Phi) is 7.07. The second-order valence-electron chi connectivity index (χ2n) is 4.84. The highest BCUT2D eigenvalue weighted by Crippen LogP contribution is 2.28. The molecule has 1 aromatic carbocycles. The molecule has 8 heteroatoms. The zero-order valence-electron chi connectivity index (χ0n) is 11.9. The number of ether oxygens (including phenoxy) is 1. The third-order valence-corrected chi connectivity index (χ3v) is 3.19.